The molecule has 1 aliphatic carbocycles. The van der Waals surface area contributed by atoms with Crippen molar-refractivity contribution in [2.45, 2.75) is 58.8 Å². The van der Waals surface area contributed by atoms with Crippen molar-refractivity contribution in [1.82, 2.24) is 10.2 Å². The predicted octanol–water partition coefficient (Wildman–Crippen LogP) is 4.18. The molecule has 1 atom stereocenters. The summed E-state index contributed by atoms with van der Waals surface area (Å²) >= 11 is 3.73. The Labute approximate surface area is 132 Å². The van der Waals surface area contributed by atoms with E-state index in [4.69, 9.17) is 0 Å². The molecule has 0 saturated heterocycles. The first-order chi connectivity index (χ1) is 9.47. The molecule has 2 rings (SSSR count). The normalized spacial score (nSPS) is 16.9. The van der Waals surface area contributed by atoms with Crippen LogP contribution in [0.1, 0.15) is 44.7 Å². The molecule has 1 fully saturated rings. The van der Waals surface area contributed by atoms with Crippen LogP contribution in [0.2, 0.25) is 0 Å². The van der Waals surface area contributed by atoms with Gasteiger partial charge in [-0.25, -0.2) is 0 Å². The highest BCUT2D eigenvalue weighted by molar-refractivity contribution is 9.10. The highest BCUT2D eigenvalue weighted by atomic mass is 79.9. The van der Waals surface area contributed by atoms with Crippen LogP contribution >= 0.6 is 15.9 Å². The van der Waals surface area contributed by atoms with E-state index in [1.807, 2.05) is 0 Å². The fourth-order valence-electron chi connectivity index (χ4n) is 2.50. The van der Waals surface area contributed by atoms with E-state index in [1.54, 1.807) is 0 Å². The number of halogens is 1. The number of nitrogens with one attached hydrogen (secondary N) is 1. The van der Waals surface area contributed by atoms with Crippen LogP contribution in [-0.4, -0.2) is 24.0 Å². The summed E-state index contributed by atoms with van der Waals surface area (Å²) in [7, 11) is 2.24. The topological polar surface area (TPSA) is 15.3 Å². The molecule has 1 aromatic carbocycles. The average Bonchev–Trinajstić information content (AvgIpc) is 3.22. The van der Waals surface area contributed by atoms with Gasteiger partial charge in [-0.1, -0.05) is 41.9 Å². The van der Waals surface area contributed by atoms with Gasteiger partial charge >= 0.3 is 0 Å². The molecular weight excluding hydrogens is 312 g/mol. The zero-order valence-electron chi connectivity index (χ0n) is 13.1. The molecule has 1 aromatic rings. The van der Waals surface area contributed by atoms with Crippen molar-refractivity contribution in [1.29, 1.82) is 0 Å². The lowest BCUT2D eigenvalue weighted by molar-refractivity contribution is 0.226. The molecule has 0 spiro atoms. The third kappa shape index (κ3) is 4.57. The van der Waals surface area contributed by atoms with Gasteiger partial charge in [0, 0.05) is 29.6 Å². The van der Waals surface area contributed by atoms with Crippen molar-refractivity contribution >= 4 is 15.9 Å². The van der Waals surface area contributed by atoms with Crippen LogP contribution in [0.4, 0.5) is 0 Å². The Morgan fingerprint density at radius 1 is 1.30 bits per heavy atom. The molecule has 1 N–H and O–H groups in total. The first-order valence-corrected chi connectivity index (χ1v) is 8.47. The highest BCUT2D eigenvalue weighted by Gasteiger charge is 2.30. The molecule has 1 aliphatic rings. The third-order valence-corrected chi connectivity index (χ3v) is 4.99. The summed E-state index contributed by atoms with van der Waals surface area (Å²) in [6.07, 6.45) is 2.82. The second-order valence-electron chi connectivity index (χ2n) is 6.45. The minimum Gasteiger partial charge on any atom is -0.310 e. The second kappa shape index (κ2) is 7.06. The highest BCUT2D eigenvalue weighted by Crippen LogP contribution is 2.35. The Balaban J connectivity index is 1.94. The maximum Gasteiger partial charge on any atom is 0.0244 e. The molecule has 1 saturated carbocycles. The van der Waals surface area contributed by atoms with E-state index in [-0.39, 0.29) is 0 Å². The van der Waals surface area contributed by atoms with Crippen LogP contribution in [0.15, 0.2) is 22.7 Å². The summed E-state index contributed by atoms with van der Waals surface area (Å²) in [6.45, 7) is 8.67. The van der Waals surface area contributed by atoms with E-state index in [2.05, 4.69) is 72.2 Å². The molecule has 0 radical (unpaired) electrons. The van der Waals surface area contributed by atoms with Crippen molar-refractivity contribution in [3.8, 4) is 0 Å². The smallest absolute Gasteiger partial charge is 0.0244 e. The Hall–Kier alpha value is -0.380. The third-order valence-electron chi connectivity index (χ3n) is 4.25. The number of hydrogen-bond acceptors (Lipinski definition) is 2. The average molecular weight is 339 g/mol. The molecule has 112 valence electrons. The van der Waals surface area contributed by atoms with E-state index in [0.717, 1.165) is 19.0 Å². The van der Waals surface area contributed by atoms with Gasteiger partial charge in [-0.2, -0.15) is 0 Å². The van der Waals surface area contributed by atoms with Crippen molar-refractivity contribution in [2.75, 3.05) is 7.05 Å². The maximum absolute atomic E-state index is 3.73. The van der Waals surface area contributed by atoms with Gasteiger partial charge in [-0.3, -0.25) is 4.90 Å². The van der Waals surface area contributed by atoms with Gasteiger partial charge in [0.15, 0.2) is 0 Å². The van der Waals surface area contributed by atoms with Crippen LogP contribution in [0.25, 0.3) is 0 Å². The Morgan fingerprint density at radius 3 is 2.55 bits per heavy atom. The number of benzene rings is 1. The summed E-state index contributed by atoms with van der Waals surface area (Å²) in [5.41, 5.74) is 2.72. The molecule has 0 heterocycles. The van der Waals surface area contributed by atoms with Gasteiger partial charge in [0.1, 0.15) is 0 Å². The Bertz CT molecular complexity index is 441. The number of rotatable bonds is 7. The van der Waals surface area contributed by atoms with Crippen molar-refractivity contribution < 1.29 is 0 Å². The first kappa shape index (κ1) is 16.0. The lowest BCUT2D eigenvalue weighted by atomic mass is 10.1. The summed E-state index contributed by atoms with van der Waals surface area (Å²) in [4.78, 5) is 2.48. The lowest BCUT2D eigenvalue weighted by Crippen LogP contribution is -2.30. The van der Waals surface area contributed by atoms with Gasteiger partial charge in [-0.15, -0.1) is 0 Å². The summed E-state index contributed by atoms with van der Waals surface area (Å²) in [5, 5.41) is 3.46. The van der Waals surface area contributed by atoms with Gasteiger partial charge in [0.25, 0.3) is 0 Å². The van der Waals surface area contributed by atoms with Gasteiger partial charge in [0.05, 0.1) is 0 Å². The number of nitrogens with zero attached hydrogens (tertiary/aromatic N) is 1. The van der Waals surface area contributed by atoms with Crippen LogP contribution in [0.3, 0.4) is 0 Å². The summed E-state index contributed by atoms with van der Waals surface area (Å²) < 4.78 is 1.23. The first-order valence-electron chi connectivity index (χ1n) is 7.68. The minimum absolute atomic E-state index is 0.527. The van der Waals surface area contributed by atoms with E-state index >= 15 is 0 Å². The van der Waals surface area contributed by atoms with E-state index in [1.165, 1.54) is 28.4 Å². The van der Waals surface area contributed by atoms with E-state index in [0.29, 0.717) is 12.1 Å². The maximum atomic E-state index is 3.73. The monoisotopic (exact) mass is 338 g/mol. The second-order valence-corrected chi connectivity index (χ2v) is 7.31. The lowest BCUT2D eigenvalue weighted by Gasteiger charge is -2.25. The van der Waals surface area contributed by atoms with Gasteiger partial charge < -0.3 is 5.32 Å². The molecule has 3 heteroatoms. The van der Waals surface area contributed by atoms with E-state index < -0.39 is 0 Å². The molecule has 0 bridgehead atoms. The molecule has 2 nitrogen and oxygen atoms in total. The number of hydrogen-bond donors (Lipinski definition) is 1. The minimum atomic E-state index is 0.527. The standard InChI is InChI=1S/C17H27BrN2/c1-12(2)19-10-14-5-6-16(17(18)9-14)11-20(4)13(3)15-7-8-15/h5-6,9,12-13,15,19H,7-8,10-11H2,1-4H3. The summed E-state index contributed by atoms with van der Waals surface area (Å²) in [5.74, 6) is 0.924. The van der Waals surface area contributed by atoms with Crippen LogP contribution in [-0.2, 0) is 13.1 Å². The molecule has 0 amide bonds. The van der Waals surface area contributed by atoms with Crippen LogP contribution < -0.4 is 5.32 Å². The Morgan fingerprint density at radius 2 is 2.00 bits per heavy atom. The quantitative estimate of drug-likeness (QED) is 0.802. The fourth-order valence-corrected chi connectivity index (χ4v) is 3.05. The molecule has 1 unspecified atom stereocenters. The molecule has 0 aliphatic heterocycles. The van der Waals surface area contributed by atoms with Gasteiger partial charge in [0.2, 0.25) is 0 Å². The van der Waals surface area contributed by atoms with Gasteiger partial charge in [-0.05, 0) is 49.9 Å². The molecule has 20 heavy (non-hydrogen) atoms. The van der Waals surface area contributed by atoms with Crippen LogP contribution in [0, 0.1) is 5.92 Å². The largest absolute Gasteiger partial charge is 0.310 e. The van der Waals surface area contributed by atoms with E-state index in [9.17, 15) is 0 Å². The SMILES string of the molecule is CC(C)NCc1ccc(CN(C)C(C)C2CC2)c(Br)c1. The zero-order valence-corrected chi connectivity index (χ0v) is 14.7. The molecular formula is C17H27BrN2. The van der Waals surface area contributed by atoms with Crippen LogP contribution in [0.5, 0.6) is 0 Å². The molecule has 0 aromatic heterocycles. The predicted molar refractivity (Wildman–Crippen MR) is 89.8 cm³/mol. The van der Waals surface area contributed by atoms with Crippen molar-refractivity contribution in [2.24, 2.45) is 5.92 Å². The Kier molecular flexibility index (Phi) is 5.65. The van der Waals surface area contributed by atoms with Crippen molar-refractivity contribution in [3.63, 3.8) is 0 Å². The zero-order chi connectivity index (χ0) is 14.7. The fraction of sp³-hybridized carbons (Fsp3) is 0.647. The summed E-state index contributed by atoms with van der Waals surface area (Å²) in [6, 6.07) is 7.98. The van der Waals surface area contributed by atoms with Crippen molar-refractivity contribution in [3.05, 3.63) is 33.8 Å².